The van der Waals surface area contributed by atoms with Gasteiger partial charge in [-0.25, -0.2) is 14.8 Å². The van der Waals surface area contributed by atoms with Crippen LogP contribution in [0.4, 0.5) is 17.1 Å². The zero-order valence-corrected chi connectivity index (χ0v) is 24.0. The molecule has 6 rings (SSSR count). The van der Waals surface area contributed by atoms with E-state index < -0.39 is 40.8 Å². The Labute approximate surface area is 253 Å². The first kappa shape index (κ1) is 28.1. The molecule has 0 aliphatic carbocycles. The molecule has 2 heterocycles. The van der Waals surface area contributed by atoms with Crippen LogP contribution in [0.5, 0.6) is 11.5 Å². The van der Waals surface area contributed by atoms with Crippen LogP contribution in [0, 0.1) is 16.0 Å². The molecule has 0 radical (unpaired) electrons. The van der Waals surface area contributed by atoms with Gasteiger partial charge in [0, 0.05) is 16.6 Å². The molecule has 3 atom stereocenters. The van der Waals surface area contributed by atoms with Gasteiger partial charge in [-0.05, 0) is 60.2 Å². The number of nitro groups is 1. The molecule has 216 valence electrons. The van der Waals surface area contributed by atoms with Crippen molar-refractivity contribution in [3.63, 3.8) is 0 Å². The van der Waals surface area contributed by atoms with Crippen LogP contribution in [0.2, 0.25) is 0 Å². The number of imide groups is 1. The number of hydroxylamine groups is 1. The minimum absolute atomic E-state index is 0.141. The molecule has 0 aromatic heterocycles. The molecule has 2 saturated heterocycles. The lowest BCUT2D eigenvalue weighted by Crippen LogP contribution is -2.37. The number of methoxy groups -OCH3 is 1. The van der Waals surface area contributed by atoms with Gasteiger partial charge in [-0.1, -0.05) is 46.3 Å². The van der Waals surface area contributed by atoms with Crippen molar-refractivity contribution in [1.29, 1.82) is 0 Å². The van der Waals surface area contributed by atoms with Crippen LogP contribution < -0.4 is 19.4 Å². The Balaban J connectivity index is 1.40. The number of esters is 1. The third-order valence-electron chi connectivity index (χ3n) is 7.24. The van der Waals surface area contributed by atoms with Crippen molar-refractivity contribution in [3.8, 4) is 11.5 Å². The zero-order valence-electron chi connectivity index (χ0n) is 22.5. The highest BCUT2D eigenvalue weighted by Gasteiger charge is 2.60. The van der Waals surface area contributed by atoms with Gasteiger partial charge in [0.15, 0.2) is 17.6 Å². The van der Waals surface area contributed by atoms with Crippen molar-refractivity contribution in [2.45, 2.75) is 12.1 Å². The summed E-state index contributed by atoms with van der Waals surface area (Å²) < 4.78 is 11.9. The predicted molar refractivity (Wildman–Crippen MR) is 158 cm³/mol. The smallest absolute Gasteiger partial charge is 0.343 e. The molecule has 0 saturated carbocycles. The lowest BCUT2D eigenvalue weighted by molar-refractivity contribution is -0.384. The van der Waals surface area contributed by atoms with Gasteiger partial charge in [0.25, 0.3) is 11.6 Å². The van der Waals surface area contributed by atoms with E-state index in [2.05, 4.69) is 15.9 Å². The summed E-state index contributed by atoms with van der Waals surface area (Å²) in [6, 6.07) is 24.8. The van der Waals surface area contributed by atoms with Crippen molar-refractivity contribution in [2.75, 3.05) is 17.1 Å². The van der Waals surface area contributed by atoms with E-state index in [1.807, 2.05) is 0 Å². The van der Waals surface area contributed by atoms with Crippen LogP contribution in [0.25, 0.3) is 0 Å². The number of nitrogens with zero attached hydrogens (tertiary/aromatic N) is 3. The van der Waals surface area contributed by atoms with E-state index in [0.717, 1.165) is 9.37 Å². The molecule has 2 amide bonds. The minimum Gasteiger partial charge on any atom is -0.493 e. The number of amides is 2. The van der Waals surface area contributed by atoms with Crippen molar-refractivity contribution in [3.05, 3.63) is 123 Å². The fraction of sp³-hybridized carbons (Fsp3) is 0.129. The normalized spacial score (nSPS) is 19.3. The van der Waals surface area contributed by atoms with Gasteiger partial charge >= 0.3 is 5.97 Å². The summed E-state index contributed by atoms with van der Waals surface area (Å²) in [4.78, 5) is 58.4. The Morgan fingerprint density at radius 2 is 1.63 bits per heavy atom. The number of carbonyl (C=O) groups excluding carboxylic acids is 3. The Kier molecular flexibility index (Phi) is 7.38. The number of rotatable bonds is 7. The largest absolute Gasteiger partial charge is 0.493 e. The number of hydrogen-bond donors (Lipinski definition) is 0. The second-order valence-corrected chi connectivity index (χ2v) is 10.7. The van der Waals surface area contributed by atoms with Crippen LogP contribution in [-0.4, -0.2) is 35.9 Å². The summed E-state index contributed by atoms with van der Waals surface area (Å²) in [7, 11) is 1.41. The number of nitro benzene ring substituents is 1. The molecule has 11 nitrogen and oxygen atoms in total. The molecule has 0 bridgehead atoms. The summed E-state index contributed by atoms with van der Waals surface area (Å²) in [5.41, 5.74) is 1.32. The molecular formula is C31H22BrN3O8. The van der Waals surface area contributed by atoms with Gasteiger partial charge in [-0.15, -0.1) is 0 Å². The van der Waals surface area contributed by atoms with Gasteiger partial charge < -0.3 is 9.47 Å². The highest BCUT2D eigenvalue weighted by Crippen LogP contribution is 2.49. The average Bonchev–Trinajstić information content (AvgIpc) is 3.53. The third-order valence-corrected chi connectivity index (χ3v) is 7.77. The number of anilines is 2. The van der Waals surface area contributed by atoms with E-state index in [0.29, 0.717) is 16.8 Å². The number of hydrogen-bond acceptors (Lipinski definition) is 9. The van der Waals surface area contributed by atoms with Crippen molar-refractivity contribution in [2.24, 2.45) is 5.92 Å². The lowest BCUT2D eigenvalue weighted by atomic mass is 9.90. The Morgan fingerprint density at radius 3 is 2.33 bits per heavy atom. The van der Waals surface area contributed by atoms with E-state index in [-0.39, 0.29) is 22.9 Å². The van der Waals surface area contributed by atoms with Crippen molar-refractivity contribution < 1.29 is 33.6 Å². The monoisotopic (exact) mass is 643 g/mol. The van der Waals surface area contributed by atoms with E-state index >= 15 is 0 Å². The number of benzene rings is 4. The molecule has 2 fully saturated rings. The average molecular weight is 644 g/mol. The van der Waals surface area contributed by atoms with Gasteiger partial charge in [0.2, 0.25) is 5.91 Å². The van der Waals surface area contributed by atoms with Crippen molar-refractivity contribution in [1.82, 2.24) is 0 Å². The highest BCUT2D eigenvalue weighted by atomic mass is 79.9. The summed E-state index contributed by atoms with van der Waals surface area (Å²) in [5.74, 6) is -2.30. The molecule has 0 unspecified atom stereocenters. The molecule has 4 aromatic rings. The second-order valence-electron chi connectivity index (χ2n) is 9.75. The van der Waals surface area contributed by atoms with Gasteiger partial charge in [0.05, 0.1) is 35.0 Å². The molecular weight excluding hydrogens is 622 g/mol. The predicted octanol–water partition coefficient (Wildman–Crippen LogP) is 5.64. The Bertz CT molecular complexity index is 1750. The summed E-state index contributed by atoms with van der Waals surface area (Å²) in [6.45, 7) is 0. The third kappa shape index (κ3) is 5.11. The number of fused-ring (bicyclic) bond motifs is 1. The van der Waals surface area contributed by atoms with Crippen LogP contribution in [0.3, 0.4) is 0 Å². The van der Waals surface area contributed by atoms with Gasteiger partial charge in [-0.2, -0.15) is 0 Å². The summed E-state index contributed by atoms with van der Waals surface area (Å²) >= 11 is 3.36. The molecule has 2 aliphatic heterocycles. The number of halogens is 1. The maximum absolute atomic E-state index is 13.9. The molecule has 12 heteroatoms. The van der Waals surface area contributed by atoms with E-state index in [1.54, 1.807) is 72.8 Å². The summed E-state index contributed by atoms with van der Waals surface area (Å²) in [6.07, 6.45) is -1.19. The molecule has 0 spiro atoms. The molecule has 2 aliphatic rings. The van der Waals surface area contributed by atoms with E-state index in [9.17, 15) is 24.5 Å². The van der Waals surface area contributed by atoms with Crippen LogP contribution in [0.15, 0.2) is 102 Å². The maximum Gasteiger partial charge on any atom is 0.343 e. The fourth-order valence-corrected chi connectivity index (χ4v) is 5.52. The fourth-order valence-electron chi connectivity index (χ4n) is 5.25. The first-order valence-electron chi connectivity index (χ1n) is 13.1. The zero-order chi connectivity index (χ0) is 30.2. The van der Waals surface area contributed by atoms with E-state index in [4.69, 9.17) is 14.3 Å². The standard InChI is InChI=1S/C31H22BrN3O8/c1-41-25-16-19(10-15-24(25)42-31(38)18-6-3-2-4-7-18)27-26-28(43-34(27)22-8-5-9-23(17-22)35(39)40)30(37)33(29(26)36)21-13-11-20(32)12-14-21/h2-17,26-28H,1H3/t26-,27-,28-/m0/s1. The Hall–Kier alpha value is -5.07. The van der Waals surface area contributed by atoms with Crippen LogP contribution >= 0.6 is 15.9 Å². The SMILES string of the molecule is COc1cc([C@H]2[C@@H]3C(=O)N(c4ccc(Br)cc4)C(=O)[C@H]3ON2c2cccc([N+](=O)[O-])c2)ccc1OC(=O)c1ccccc1. The maximum atomic E-state index is 13.9. The second kappa shape index (κ2) is 11.3. The number of ether oxygens (including phenoxy) is 2. The quantitative estimate of drug-likeness (QED) is 0.0826. The van der Waals surface area contributed by atoms with E-state index in [1.165, 1.54) is 36.4 Å². The van der Waals surface area contributed by atoms with Crippen LogP contribution in [-0.2, 0) is 14.4 Å². The lowest BCUT2D eigenvalue weighted by Gasteiger charge is -2.29. The highest BCUT2D eigenvalue weighted by molar-refractivity contribution is 9.10. The first-order valence-corrected chi connectivity index (χ1v) is 13.8. The minimum atomic E-state index is -1.19. The molecule has 43 heavy (non-hydrogen) atoms. The number of carbonyl (C=O) groups is 3. The Morgan fingerprint density at radius 1 is 0.884 bits per heavy atom. The molecule has 4 aromatic carbocycles. The van der Waals surface area contributed by atoms with Gasteiger partial charge in [-0.3, -0.25) is 24.5 Å². The molecule has 0 N–H and O–H groups in total. The first-order chi connectivity index (χ1) is 20.8. The topological polar surface area (TPSA) is 129 Å². The van der Waals surface area contributed by atoms with Crippen molar-refractivity contribution >= 4 is 50.8 Å². The van der Waals surface area contributed by atoms with Gasteiger partial charge in [0.1, 0.15) is 5.92 Å². The summed E-state index contributed by atoms with van der Waals surface area (Å²) in [5, 5.41) is 12.9. The number of non-ortho nitro benzene ring substituents is 1. The van der Waals surface area contributed by atoms with Crippen LogP contribution in [0.1, 0.15) is 22.0 Å².